The highest BCUT2D eigenvalue weighted by Gasteiger charge is 2.24. The van der Waals surface area contributed by atoms with Gasteiger partial charge in [0.2, 0.25) is 5.91 Å². The average molecular weight is 299 g/mol. The second-order valence-corrected chi connectivity index (χ2v) is 5.18. The lowest BCUT2D eigenvalue weighted by Gasteiger charge is -2.33. The first kappa shape index (κ1) is 16.8. The van der Waals surface area contributed by atoms with Crippen LogP contribution in [-0.2, 0) is 4.79 Å². The lowest BCUT2D eigenvalue weighted by Crippen LogP contribution is -2.43. The molecule has 0 saturated carbocycles. The molecule has 0 aliphatic carbocycles. The zero-order valence-electron chi connectivity index (χ0n) is 11.8. The maximum atomic E-state index is 12.0. The molecule has 1 aliphatic heterocycles. The number of amides is 1. The van der Waals surface area contributed by atoms with Gasteiger partial charge >= 0.3 is 0 Å². The number of carbonyl (C=O) groups is 1. The Labute approximate surface area is 126 Å². The number of carbonyl (C=O) groups excluding carboxylic acids is 1. The minimum absolute atomic E-state index is 0. The lowest BCUT2D eigenvalue weighted by atomic mass is 9.92. The molecular formula is C15H23ClN2O2. The van der Waals surface area contributed by atoms with E-state index in [2.05, 4.69) is 5.32 Å². The molecule has 1 atom stereocenters. The summed E-state index contributed by atoms with van der Waals surface area (Å²) in [6, 6.07) is 9.75. The molecule has 0 radical (unpaired) electrons. The van der Waals surface area contributed by atoms with Crippen LogP contribution in [0.3, 0.4) is 0 Å². The Kier molecular flexibility index (Phi) is 6.82. The highest BCUT2D eigenvalue weighted by molar-refractivity contribution is 5.85. The summed E-state index contributed by atoms with van der Waals surface area (Å²) in [6.07, 6.45) is 1.53. The van der Waals surface area contributed by atoms with E-state index in [9.17, 15) is 9.90 Å². The van der Waals surface area contributed by atoms with Crippen LogP contribution in [0, 0.1) is 5.92 Å². The molecule has 1 saturated heterocycles. The maximum Gasteiger partial charge on any atom is 0.241 e. The maximum absolute atomic E-state index is 12.0. The number of nitrogens with one attached hydrogen (secondary N) is 1. The van der Waals surface area contributed by atoms with E-state index in [0.29, 0.717) is 12.5 Å². The quantitative estimate of drug-likeness (QED) is 0.895. The van der Waals surface area contributed by atoms with Crippen molar-refractivity contribution in [3.05, 3.63) is 30.3 Å². The molecule has 1 fully saturated rings. The number of hydrogen-bond acceptors (Lipinski definition) is 3. The van der Waals surface area contributed by atoms with Gasteiger partial charge in [-0.05, 0) is 37.8 Å². The van der Waals surface area contributed by atoms with Crippen LogP contribution in [0.5, 0.6) is 0 Å². The van der Waals surface area contributed by atoms with Gasteiger partial charge in [0.15, 0.2) is 0 Å². The van der Waals surface area contributed by atoms with Gasteiger partial charge in [-0.2, -0.15) is 0 Å². The van der Waals surface area contributed by atoms with Crippen molar-refractivity contribution in [2.75, 3.05) is 25.0 Å². The van der Waals surface area contributed by atoms with Gasteiger partial charge in [0.05, 0.1) is 12.6 Å². The van der Waals surface area contributed by atoms with E-state index < -0.39 is 0 Å². The molecule has 1 aromatic carbocycles. The number of nitrogens with zero attached hydrogens (tertiary/aromatic N) is 1. The van der Waals surface area contributed by atoms with E-state index in [0.717, 1.165) is 31.6 Å². The van der Waals surface area contributed by atoms with Crippen LogP contribution in [0.15, 0.2) is 30.3 Å². The summed E-state index contributed by atoms with van der Waals surface area (Å²) in [5.41, 5.74) is 0.967. The molecule has 2 rings (SSSR count). The Morgan fingerprint density at radius 1 is 1.35 bits per heavy atom. The fourth-order valence-corrected chi connectivity index (χ4v) is 2.48. The molecule has 1 amide bonds. The summed E-state index contributed by atoms with van der Waals surface area (Å²) in [5.74, 6) is 0.471. The Balaban J connectivity index is 0.00000200. The third kappa shape index (κ3) is 4.69. The van der Waals surface area contributed by atoms with Crippen molar-refractivity contribution in [1.29, 1.82) is 0 Å². The number of likely N-dealkylation sites (tertiary alicyclic amines) is 1. The van der Waals surface area contributed by atoms with Gasteiger partial charge in [0.25, 0.3) is 0 Å². The number of anilines is 1. The van der Waals surface area contributed by atoms with Crippen molar-refractivity contribution in [2.24, 2.45) is 5.92 Å². The molecule has 1 aliphatic rings. The molecule has 1 aromatic rings. The molecule has 0 aromatic heterocycles. The first-order valence-electron chi connectivity index (χ1n) is 6.91. The zero-order valence-corrected chi connectivity index (χ0v) is 12.6. The Bertz CT molecular complexity index is 404. The third-order valence-corrected chi connectivity index (χ3v) is 3.79. The van der Waals surface area contributed by atoms with E-state index in [1.807, 2.05) is 42.2 Å². The number of para-hydroxylation sites is 1. The molecule has 0 bridgehead atoms. The minimum Gasteiger partial charge on any atom is -0.393 e. The molecular weight excluding hydrogens is 276 g/mol. The largest absolute Gasteiger partial charge is 0.393 e. The fourth-order valence-electron chi connectivity index (χ4n) is 2.48. The monoisotopic (exact) mass is 298 g/mol. The van der Waals surface area contributed by atoms with Crippen molar-refractivity contribution in [1.82, 2.24) is 4.90 Å². The summed E-state index contributed by atoms with van der Waals surface area (Å²) < 4.78 is 0. The molecule has 1 heterocycles. The second-order valence-electron chi connectivity index (χ2n) is 5.18. The predicted molar refractivity (Wildman–Crippen MR) is 83.2 cm³/mol. The Hall–Kier alpha value is -1.26. The smallest absolute Gasteiger partial charge is 0.241 e. The van der Waals surface area contributed by atoms with Crippen LogP contribution >= 0.6 is 12.4 Å². The fraction of sp³-hybridized carbons (Fsp3) is 0.533. The van der Waals surface area contributed by atoms with E-state index in [1.54, 1.807) is 0 Å². The van der Waals surface area contributed by atoms with E-state index in [-0.39, 0.29) is 24.4 Å². The number of benzene rings is 1. The molecule has 5 heteroatoms. The van der Waals surface area contributed by atoms with Gasteiger partial charge < -0.3 is 15.3 Å². The van der Waals surface area contributed by atoms with Gasteiger partial charge in [0.1, 0.15) is 0 Å². The summed E-state index contributed by atoms with van der Waals surface area (Å²) in [4.78, 5) is 13.9. The Morgan fingerprint density at radius 2 is 1.95 bits per heavy atom. The zero-order chi connectivity index (χ0) is 13.7. The molecule has 1 unspecified atom stereocenters. The van der Waals surface area contributed by atoms with Crippen LogP contribution in [0.4, 0.5) is 5.69 Å². The standard InChI is InChI=1S/C15H22N2O2.ClH/c1-12(18)13-7-9-17(10-8-13)15(19)11-16-14-5-3-2-4-6-14;/h2-6,12-13,16,18H,7-11H2,1H3;1H. The van der Waals surface area contributed by atoms with Gasteiger partial charge in [-0.25, -0.2) is 0 Å². The van der Waals surface area contributed by atoms with Crippen molar-refractivity contribution >= 4 is 24.0 Å². The number of piperidine rings is 1. The molecule has 20 heavy (non-hydrogen) atoms. The van der Waals surface area contributed by atoms with Gasteiger partial charge in [-0.15, -0.1) is 12.4 Å². The topological polar surface area (TPSA) is 52.6 Å². The summed E-state index contributed by atoms with van der Waals surface area (Å²) in [7, 11) is 0. The highest BCUT2D eigenvalue weighted by atomic mass is 35.5. The Morgan fingerprint density at radius 3 is 2.50 bits per heavy atom. The van der Waals surface area contributed by atoms with Crippen LogP contribution in [0.2, 0.25) is 0 Å². The van der Waals surface area contributed by atoms with Crippen molar-refractivity contribution in [2.45, 2.75) is 25.9 Å². The second kappa shape index (κ2) is 8.12. The van der Waals surface area contributed by atoms with Crippen LogP contribution in [0.1, 0.15) is 19.8 Å². The summed E-state index contributed by atoms with van der Waals surface area (Å²) in [5, 5.41) is 12.7. The average Bonchev–Trinajstić information content (AvgIpc) is 2.46. The predicted octanol–water partition coefficient (Wildman–Crippen LogP) is 2.14. The van der Waals surface area contributed by atoms with Gasteiger partial charge in [-0.1, -0.05) is 18.2 Å². The van der Waals surface area contributed by atoms with E-state index in [4.69, 9.17) is 0 Å². The number of aliphatic hydroxyl groups is 1. The first-order chi connectivity index (χ1) is 9.16. The summed E-state index contributed by atoms with van der Waals surface area (Å²) in [6.45, 7) is 3.68. The SMILES string of the molecule is CC(O)C1CCN(C(=O)CNc2ccccc2)CC1.Cl. The van der Waals surface area contributed by atoms with Crippen molar-refractivity contribution in [3.63, 3.8) is 0 Å². The van der Waals surface area contributed by atoms with E-state index >= 15 is 0 Å². The normalized spacial score (nSPS) is 17.2. The number of aliphatic hydroxyl groups excluding tert-OH is 1. The third-order valence-electron chi connectivity index (χ3n) is 3.79. The highest BCUT2D eigenvalue weighted by Crippen LogP contribution is 2.20. The first-order valence-corrected chi connectivity index (χ1v) is 6.91. The molecule has 112 valence electrons. The molecule has 2 N–H and O–H groups in total. The molecule has 4 nitrogen and oxygen atoms in total. The minimum atomic E-state index is -0.264. The number of halogens is 1. The van der Waals surface area contributed by atoms with Crippen molar-refractivity contribution in [3.8, 4) is 0 Å². The lowest BCUT2D eigenvalue weighted by molar-refractivity contribution is -0.131. The van der Waals surface area contributed by atoms with Crippen molar-refractivity contribution < 1.29 is 9.90 Å². The van der Waals surface area contributed by atoms with E-state index in [1.165, 1.54) is 0 Å². The molecule has 0 spiro atoms. The summed E-state index contributed by atoms with van der Waals surface area (Å²) >= 11 is 0. The van der Waals surface area contributed by atoms with Crippen LogP contribution in [-0.4, -0.2) is 41.7 Å². The number of rotatable bonds is 4. The number of hydrogen-bond donors (Lipinski definition) is 2. The van der Waals surface area contributed by atoms with Gasteiger partial charge in [-0.3, -0.25) is 4.79 Å². The van der Waals surface area contributed by atoms with Gasteiger partial charge in [0, 0.05) is 18.8 Å². The van der Waals surface area contributed by atoms with Crippen LogP contribution < -0.4 is 5.32 Å². The van der Waals surface area contributed by atoms with Crippen LogP contribution in [0.25, 0.3) is 0 Å².